The Bertz CT molecular complexity index is 2080. The quantitative estimate of drug-likeness (QED) is 0.172. The fourth-order valence-corrected chi connectivity index (χ4v) is 9.64. The summed E-state index contributed by atoms with van der Waals surface area (Å²) < 4.78 is 80.2. The third-order valence-corrected chi connectivity index (χ3v) is 12.2. The van der Waals surface area contributed by atoms with Crippen LogP contribution < -0.4 is 15.0 Å². The van der Waals surface area contributed by atoms with Crippen molar-refractivity contribution >= 4 is 28.7 Å². The third kappa shape index (κ3) is 7.21. The molecule has 4 aliphatic rings. The highest BCUT2D eigenvalue weighted by atomic mass is 19.4. The lowest BCUT2D eigenvalue weighted by atomic mass is 9.78. The lowest BCUT2D eigenvalue weighted by Gasteiger charge is -2.33. The smallest absolute Gasteiger partial charge is 0.434 e. The van der Waals surface area contributed by atoms with Gasteiger partial charge in [-0.1, -0.05) is 6.92 Å². The molecule has 292 valence electrons. The number of carboxylic acids is 1. The van der Waals surface area contributed by atoms with Crippen LogP contribution in [0.2, 0.25) is 0 Å². The minimum absolute atomic E-state index is 0.00523. The van der Waals surface area contributed by atoms with E-state index in [0.717, 1.165) is 24.9 Å². The molecule has 2 N–H and O–H groups in total. The van der Waals surface area contributed by atoms with E-state index < -0.39 is 46.8 Å². The number of carbonyl (C=O) groups excluding carboxylic acids is 1. The fraction of sp³-hybridized carbons (Fsp3) is 0.525. The molecule has 3 saturated carbocycles. The molecule has 3 aliphatic carbocycles. The summed E-state index contributed by atoms with van der Waals surface area (Å²) in [6.07, 6.45) is 3.25. The number of rotatable bonds is 8. The molecule has 10 nitrogen and oxygen atoms in total. The Balaban J connectivity index is 1.09. The van der Waals surface area contributed by atoms with Crippen molar-refractivity contribution < 1.29 is 41.4 Å². The molecule has 1 saturated heterocycles. The summed E-state index contributed by atoms with van der Waals surface area (Å²) >= 11 is 0. The van der Waals surface area contributed by atoms with Crippen molar-refractivity contribution in [2.45, 2.75) is 101 Å². The van der Waals surface area contributed by atoms with Gasteiger partial charge in [-0.3, -0.25) is 4.79 Å². The molecule has 0 spiro atoms. The number of carboxylic acid groups (broad SMARTS) is 1. The molecule has 3 aromatic heterocycles. The molecule has 1 aromatic carbocycles. The minimum atomic E-state index is -5.02. The van der Waals surface area contributed by atoms with Crippen molar-refractivity contribution in [3.63, 3.8) is 0 Å². The second-order valence-electron chi connectivity index (χ2n) is 15.9. The molecule has 4 fully saturated rings. The summed E-state index contributed by atoms with van der Waals surface area (Å²) in [5.41, 5.74) is -2.66. The van der Waals surface area contributed by atoms with Gasteiger partial charge in [0.15, 0.2) is 11.5 Å². The minimum Gasteiger partial charge on any atom is -0.490 e. The predicted octanol–water partition coefficient (Wildman–Crippen LogP) is 8.16. The largest absolute Gasteiger partial charge is 0.490 e. The van der Waals surface area contributed by atoms with Crippen LogP contribution in [0.25, 0.3) is 22.2 Å². The number of pyridine rings is 1. The lowest BCUT2D eigenvalue weighted by molar-refractivity contribution is -0.146. The summed E-state index contributed by atoms with van der Waals surface area (Å²) in [5, 5.41) is 13.5. The highest BCUT2D eigenvalue weighted by molar-refractivity contribution is 6.00. The van der Waals surface area contributed by atoms with E-state index in [1.807, 2.05) is 22.5 Å². The van der Waals surface area contributed by atoms with Crippen LogP contribution in [0.4, 0.5) is 27.9 Å². The van der Waals surface area contributed by atoms with Crippen molar-refractivity contribution in [1.82, 2.24) is 24.8 Å². The van der Waals surface area contributed by atoms with E-state index >= 15 is 0 Å². The Kier molecular flexibility index (Phi) is 9.69. The summed E-state index contributed by atoms with van der Waals surface area (Å²) in [4.78, 5) is 40.5. The van der Waals surface area contributed by atoms with Gasteiger partial charge in [-0.2, -0.15) is 13.2 Å². The maximum absolute atomic E-state index is 14.8. The molecule has 15 heteroatoms. The zero-order valence-electron chi connectivity index (χ0n) is 30.4. The number of halogens is 5. The number of aliphatic carboxylic acids is 1. The maximum atomic E-state index is 14.8. The first-order valence-electron chi connectivity index (χ1n) is 19.1. The van der Waals surface area contributed by atoms with E-state index in [-0.39, 0.29) is 42.0 Å². The number of amides is 1. The summed E-state index contributed by atoms with van der Waals surface area (Å²) in [5.74, 6) is -1.88. The van der Waals surface area contributed by atoms with Crippen molar-refractivity contribution in [2.75, 3.05) is 18.0 Å². The van der Waals surface area contributed by atoms with Gasteiger partial charge >= 0.3 is 12.1 Å². The Labute approximate surface area is 314 Å². The number of nitrogens with zero attached hydrogens (tertiary/aromatic N) is 5. The number of ether oxygens (including phenoxy) is 1. The van der Waals surface area contributed by atoms with Gasteiger partial charge in [-0.25, -0.2) is 28.5 Å². The van der Waals surface area contributed by atoms with Gasteiger partial charge in [0.1, 0.15) is 23.6 Å². The number of anilines is 1. The third-order valence-electron chi connectivity index (χ3n) is 12.2. The average molecular weight is 767 g/mol. The molecule has 0 radical (unpaired) electrons. The van der Waals surface area contributed by atoms with Crippen LogP contribution in [0.3, 0.4) is 0 Å². The second kappa shape index (κ2) is 14.4. The van der Waals surface area contributed by atoms with Crippen molar-refractivity contribution in [2.24, 2.45) is 17.8 Å². The lowest BCUT2D eigenvalue weighted by Crippen LogP contribution is -2.57. The average Bonchev–Trinajstić information content (AvgIpc) is 3.66. The van der Waals surface area contributed by atoms with Crippen LogP contribution in [0, 0.1) is 23.6 Å². The van der Waals surface area contributed by atoms with Gasteiger partial charge in [0.2, 0.25) is 5.95 Å². The number of hydrogen-bond acceptors (Lipinski definition) is 7. The van der Waals surface area contributed by atoms with Crippen molar-refractivity contribution in [3.8, 4) is 17.0 Å². The van der Waals surface area contributed by atoms with E-state index in [4.69, 9.17) is 4.74 Å². The number of hydrogen-bond donors (Lipinski definition) is 2. The van der Waals surface area contributed by atoms with Crippen molar-refractivity contribution in [1.29, 1.82) is 0 Å². The van der Waals surface area contributed by atoms with Gasteiger partial charge in [0.05, 0.1) is 29.2 Å². The van der Waals surface area contributed by atoms with E-state index in [2.05, 4.69) is 20.3 Å². The summed E-state index contributed by atoms with van der Waals surface area (Å²) in [6.45, 7) is 3.23. The van der Waals surface area contributed by atoms with Gasteiger partial charge < -0.3 is 24.6 Å². The summed E-state index contributed by atoms with van der Waals surface area (Å²) in [6, 6.07) is 7.74. The van der Waals surface area contributed by atoms with Crippen LogP contribution in [-0.2, 0) is 11.0 Å². The number of benzene rings is 1. The van der Waals surface area contributed by atoms with E-state index in [1.165, 1.54) is 6.07 Å². The molecule has 4 heterocycles. The zero-order chi connectivity index (χ0) is 38.6. The highest BCUT2D eigenvalue weighted by Gasteiger charge is 2.56. The Hall–Kier alpha value is -4.82. The monoisotopic (exact) mass is 766 g/mol. The molecule has 1 aliphatic heterocycles. The maximum Gasteiger partial charge on any atom is 0.434 e. The number of fused-ring (bicyclic) bond motifs is 3. The zero-order valence-corrected chi connectivity index (χ0v) is 30.4. The summed E-state index contributed by atoms with van der Waals surface area (Å²) in [7, 11) is 0. The molecular formula is C40H43F5N6O4. The van der Waals surface area contributed by atoms with Crippen molar-refractivity contribution in [3.05, 3.63) is 66.0 Å². The molecule has 8 rings (SSSR count). The molecule has 4 unspecified atom stereocenters. The van der Waals surface area contributed by atoms with Gasteiger partial charge in [-0.15, -0.1) is 0 Å². The highest BCUT2D eigenvalue weighted by Crippen LogP contribution is 2.51. The van der Waals surface area contributed by atoms with Crippen LogP contribution in [0.5, 0.6) is 5.75 Å². The first-order chi connectivity index (χ1) is 26.3. The Morgan fingerprint density at radius 2 is 1.71 bits per heavy atom. The number of aromatic nitrogens is 4. The van der Waals surface area contributed by atoms with Gasteiger partial charge in [0.25, 0.3) is 5.91 Å². The standard InChI is InChI=1S/C40H43F5N6O4/c1-22-14-23-16-24(15-22)39(18-23,37(53)54)49-36(52)31-8-9-33(48-35(31)40(43,44)45)32-21-51(27-4-2-25(41)3-5-27)34-17-29(6-7-30(32)34)55-28-10-12-50(13-11-28)38-46-19-26(42)20-47-38/h6-9,17,19-25,27-28H,2-5,10-16,18H2,1H3,(H,49,52)(H,53,54). The van der Waals surface area contributed by atoms with E-state index in [9.17, 15) is 36.6 Å². The Morgan fingerprint density at radius 1 is 0.982 bits per heavy atom. The number of alkyl halides is 4. The second-order valence-corrected chi connectivity index (χ2v) is 15.9. The van der Waals surface area contributed by atoms with Gasteiger partial charge in [0, 0.05) is 55.2 Å². The SMILES string of the molecule is CC1CC2CC(C1)C(NC(=O)c1ccc(-c3cn(C4CCC(F)CC4)c4cc(OC5CCN(c6ncc(F)cn6)CC5)ccc34)nc1C(F)(F)F)(C(=O)O)C2. The van der Waals surface area contributed by atoms with Crippen LogP contribution >= 0.6 is 0 Å². The van der Waals surface area contributed by atoms with E-state index in [1.54, 1.807) is 18.3 Å². The Morgan fingerprint density at radius 3 is 2.40 bits per heavy atom. The normalized spacial score (nSPS) is 27.3. The van der Waals surface area contributed by atoms with Gasteiger partial charge in [-0.05, 0) is 93.4 Å². The number of nitrogens with one attached hydrogen (secondary N) is 1. The molecule has 55 heavy (non-hydrogen) atoms. The van der Waals surface area contributed by atoms with E-state index in [0.29, 0.717) is 92.6 Å². The fourth-order valence-electron chi connectivity index (χ4n) is 9.64. The van der Waals surface area contributed by atoms with Crippen LogP contribution in [0.1, 0.15) is 93.2 Å². The van der Waals surface area contributed by atoms with Crippen LogP contribution in [-0.4, -0.2) is 67.4 Å². The number of carbonyl (C=O) groups is 2. The topological polar surface area (TPSA) is 122 Å². The van der Waals surface area contributed by atoms with Crippen LogP contribution in [0.15, 0.2) is 48.9 Å². The number of piperidine rings is 1. The molecule has 4 atom stereocenters. The molecule has 4 aromatic rings. The first-order valence-corrected chi connectivity index (χ1v) is 19.1. The molecule has 1 amide bonds. The molecular weight excluding hydrogens is 723 g/mol. The predicted molar refractivity (Wildman–Crippen MR) is 193 cm³/mol. The molecule has 2 bridgehead atoms. The first kappa shape index (κ1) is 37.1.